The first-order chi connectivity index (χ1) is 14.8. The highest BCUT2D eigenvalue weighted by Crippen LogP contribution is 2.36. The fraction of sp³-hybridized carbons (Fsp3) is 0.440. The highest BCUT2D eigenvalue weighted by molar-refractivity contribution is 6.99. The van der Waals surface area contributed by atoms with Crippen LogP contribution in [0.2, 0.25) is 5.04 Å². The van der Waals surface area contributed by atoms with E-state index in [1.54, 1.807) is 20.8 Å². The minimum Gasteiger partial charge on any atom is -0.481 e. The lowest BCUT2D eigenvalue weighted by molar-refractivity contribution is -0.137. The van der Waals surface area contributed by atoms with Crippen LogP contribution in [0, 0.1) is 0 Å². The topological polar surface area (TPSA) is 84.9 Å². The molecule has 0 fully saturated rings. The van der Waals surface area contributed by atoms with Gasteiger partial charge in [-0.1, -0.05) is 81.4 Å². The third-order valence-electron chi connectivity index (χ3n) is 5.06. The van der Waals surface area contributed by atoms with Gasteiger partial charge in [0.05, 0.1) is 19.1 Å². The van der Waals surface area contributed by atoms with Gasteiger partial charge in [-0.15, -0.1) is 0 Å². The number of benzene rings is 2. The summed E-state index contributed by atoms with van der Waals surface area (Å²) in [6, 6.07) is 19.4. The summed E-state index contributed by atoms with van der Waals surface area (Å²) in [5, 5.41) is 14.0. The van der Waals surface area contributed by atoms with Gasteiger partial charge >= 0.3 is 12.1 Å². The average molecular weight is 458 g/mol. The predicted octanol–water partition coefficient (Wildman–Crippen LogP) is 3.93. The van der Waals surface area contributed by atoms with Crippen molar-refractivity contribution >= 4 is 30.8 Å². The number of carboxylic acids is 1. The second kappa shape index (κ2) is 10.3. The number of carbonyl (C=O) groups is 2. The molecule has 0 aliphatic heterocycles. The van der Waals surface area contributed by atoms with Crippen LogP contribution in [0.4, 0.5) is 4.79 Å². The van der Waals surface area contributed by atoms with Crippen molar-refractivity contribution in [2.24, 2.45) is 0 Å². The van der Waals surface area contributed by atoms with Gasteiger partial charge in [-0.3, -0.25) is 4.79 Å². The van der Waals surface area contributed by atoms with Crippen molar-refractivity contribution in [3.05, 3.63) is 60.7 Å². The fourth-order valence-corrected chi connectivity index (χ4v) is 8.43. The molecule has 0 saturated heterocycles. The van der Waals surface area contributed by atoms with Gasteiger partial charge < -0.3 is 19.6 Å². The summed E-state index contributed by atoms with van der Waals surface area (Å²) in [5.74, 6) is -1.02. The maximum Gasteiger partial charge on any atom is 0.407 e. The van der Waals surface area contributed by atoms with Gasteiger partial charge in [-0.25, -0.2) is 4.79 Å². The van der Waals surface area contributed by atoms with Crippen LogP contribution in [0.3, 0.4) is 0 Å². The van der Waals surface area contributed by atoms with Gasteiger partial charge in [-0.2, -0.15) is 0 Å². The minimum atomic E-state index is -2.85. The smallest absolute Gasteiger partial charge is 0.407 e. The van der Waals surface area contributed by atoms with Crippen molar-refractivity contribution < 1.29 is 23.9 Å². The summed E-state index contributed by atoms with van der Waals surface area (Å²) in [4.78, 5) is 23.8. The van der Waals surface area contributed by atoms with Gasteiger partial charge in [0.1, 0.15) is 5.60 Å². The summed E-state index contributed by atoms with van der Waals surface area (Å²) < 4.78 is 12.1. The molecule has 0 unspecified atom stereocenters. The van der Waals surface area contributed by atoms with Gasteiger partial charge in [0.25, 0.3) is 8.32 Å². The van der Waals surface area contributed by atoms with Crippen molar-refractivity contribution in [2.45, 2.75) is 64.6 Å². The van der Waals surface area contributed by atoms with Gasteiger partial charge in [0.15, 0.2) is 0 Å². The highest BCUT2D eigenvalue weighted by Gasteiger charge is 2.50. The Morgan fingerprint density at radius 3 is 1.75 bits per heavy atom. The van der Waals surface area contributed by atoms with E-state index in [2.05, 4.69) is 50.4 Å². The van der Waals surface area contributed by atoms with Crippen molar-refractivity contribution in [1.29, 1.82) is 0 Å². The van der Waals surface area contributed by atoms with Crippen LogP contribution in [0.5, 0.6) is 0 Å². The number of hydrogen-bond acceptors (Lipinski definition) is 4. The Balaban J connectivity index is 2.43. The molecule has 1 atom stereocenters. The molecule has 32 heavy (non-hydrogen) atoms. The molecule has 174 valence electrons. The molecular formula is C25H35NO5Si. The molecule has 1 amide bonds. The molecule has 0 heterocycles. The maximum absolute atomic E-state index is 12.3. The molecule has 7 heteroatoms. The van der Waals surface area contributed by atoms with Crippen LogP contribution < -0.4 is 15.7 Å². The first-order valence-corrected chi connectivity index (χ1v) is 12.7. The van der Waals surface area contributed by atoms with E-state index in [1.807, 2.05) is 36.4 Å². The molecule has 0 aliphatic rings. The van der Waals surface area contributed by atoms with E-state index in [1.165, 1.54) is 0 Å². The molecule has 0 aromatic heterocycles. The highest BCUT2D eigenvalue weighted by atomic mass is 28.4. The van der Waals surface area contributed by atoms with Crippen LogP contribution in [0.25, 0.3) is 0 Å². The Bertz CT molecular complexity index is 849. The van der Waals surface area contributed by atoms with Crippen LogP contribution in [0.15, 0.2) is 60.7 Å². The van der Waals surface area contributed by atoms with Crippen LogP contribution in [0.1, 0.15) is 48.0 Å². The lowest BCUT2D eigenvalue weighted by Gasteiger charge is -2.43. The van der Waals surface area contributed by atoms with E-state index in [9.17, 15) is 14.7 Å². The van der Waals surface area contributed by atoms with E-state index in [0.717, 1.165) is 10.4 Å². The zero-order valence-corrected chi connectivity index (χ0v) is 20.8. The number of hydrogen-bond donors (Lipinski definition) is 2. The van der Waals surface area contributed by atoms with Gasteiger partial charge in [0.2, 0.25) is 0 Å². The molecule has 0 bridgehead atoms. The zero-order chi connectivity index (χ0) is 24.0. The number of aliphatic carboxylic acids is 1. The molecule has 2 N–H and O–H groups in total. The molecule has 2 aromatic rings. The number of ether oxygens (including phenoxy) is 1. The molecule has 2 rings (SSSR count). The van der Waals surface area contributed by atoms with Gasteiger partial charge in [-0.05, 0) is 36.2 Å². The quantitative estimate of drug-likeness (QED) is 0.587. The SMILES string of the molecule is CC(C)(C)OC(=O)N[C@H](CO[Si](c1ccccc1)(c1ccccc1)C(C)(C)C)CC(=O)O. The minimum absolute atomic E-state index is 0.0544. The maximum atomic E-state index is 12.3. The van der Waals surface area contributed by atoms with E-state index in [4.69, 9.17) is 9.16 Å². The normalized spacial score (nSPS) is 13.3. The summed E-state index contributed by atoms with van der Waals surface area (Å²) in [6.07, 6.45) is -0.924. The molecule has 0 aliphatic carbocycles. The molecule has 0 radical (unpaired) electrons. The van der Waals surface area contributed by atoms with Crippen LogP contribution >= 0.6 is 0 Å². The van der Waals surface area contributed by atoms with Crippen molar-refractivity contribution in [2.75, 3.05) is 6.61 Å². The van der Waals surface area contributed by atoms with E-state index >= 15 is 0 Å². The molecule has 2 aromatic carbocycles. The Morgan fingerprint density at radius 2 is 1.38 bits per heavy atom. The largest absolute Gasteiger partial charge is 0.481 e. The predicted molar refractivity (Wildman–Crippen MR) is 129 cm³/mol. The molecule has 0 spiro atoms. The Hall–Kier alpha value is -2.64. The van der Waals surface area contributed by atoms with Crippen molar-refractivity contribution in [3.63, 3.8) is 0 Å². The summed E-state index contributed by atoms with van der Waals surface area (Å²) >= 11 is 0. The van der Waals surface area contributed by atoms with Crippen molar-refractivity contribution in [1.82, 2.24) is 5.32 Å². The van der Waals surface area contributed by atoms with E-state index < -0.39 is 32.0 Å². The first-order valence-electron chi connectivity index (χ1n) is 10.8. The Kier molecular flexibility index (Phi) is 8.26. The monoisotopic (exact) mass is 457 g/mol. The fourth-order valence-electron chi connectivity index (χ4n) is 3.82. The van der Waals surface area contributed by atoms with Gasteiger partial charge in [0, 0.05) is 0 Å². The number of amides is 1. The molecule has 6 nitrogen and oxygen atoms in total. The third kappa shape index (κ3) is 6.68. The number of rotatable bonds is 8. The summed E-state index contributed by atoms with van der Waals surface area (Å²) in [6.45, 7) is 11.8. The summed E-state index contributed by atoms with van der Waals surface area (Å²) in [7, 11) is -2.85. The summed E-state index contributed by atoms with van der Waals surface area (Å²) in [5.41, 5.74) is -0.684. The lowest BCUT2D eigenvalue weighted by atomic mass is 10.2. The average Bonchev–Trinajstić information content (AvgIpc) is 2.67. The number of nitrogens with one attached hydrogen (secondary N) is 1. The van der Waals surface area contributed by atoms with E-state index in [-0.39, 0.29) is 18.1 Å². The Morgan fingerprint density at radius 1 is 0.906 bits per heavy atom. The van der Waals surface area contributed by atoms with Crippen molar-refractivity contribution in [3.8, 4) is 0 Å². The standard InChI is InChI=1S/C25H35NO5Si/c1-24(2,3)31-23(29)26-19(17-22(27)28)18-30-32(25(4,5)6,20-13-9-7-10-14-20)21-15-11-8-12-16-21/h7-16,19H,17-18H2,1-6H3,(H,26,29)(H,27,28)/t19-/m0/s1. The second-order valence-corrected chi connectivity index (χ2v) is 14.2. The zero-order valence-electron chi connectivity index (χ0n) is 19.8. The third-order valence-corrected chi connectivity index (χ3v) is 10.1. The Labute approximate surface area is 192 Å². The molecular weight excluding hydrogens is 422 g/mol. The molecule has 0 saturated carbocycles. The lowest BCUT2D eigenvalue weighted by Crippen LogP contribution is -2.67. The number of carbonyl (C=O) groups excluding carboxylic acids is 1. The van der Waals surface area contributed by atoms with Crippen LogP contribution in [-0.4, -0.2) is 43.7 Å². The second-order valence-electron chi connectivity index (χ2n) is 9.92. The van der Waals surface area contributed by atoms with E-state index in [0.29, 0.717) is 0 Å². The number of carboxylic acid groups (broad SMARTS) is 1. The first kappa shape index (κ1) is 25.6. The van der Waals surface area contributed by atoms with Crippen LogP contribution in [-0.2, 0) is 14.0 Å². The number of alkyl carbamates (subject to hydrolysis) is 1.